The summed E-state index contributed by atoms with van der Waals surface area (Å²) in [6.07, 6.45) is -3.42. The maximum atomic E-state index is 13.4. The molecule has 0 aliphatic carbocycles. The van der Waals surface area contributed by atoms with E-state index in [0.29, 0.717) is 0 Å². The van der Waals surface area contributed by atoms with Gasteiger partial charge in [0.05, 0.1) is 11.3 Å². The third-order valence-corrected chi connectivity index (χ3v) is 7.16. The fourth-order valence-electron chi connectivity index (χ4n) is 3.09. The molecule has 4 nitrogen and oxygen atoms in total. The number of ketones is 1. The van der Waals surface area contributed by atoms with Crippen molar-refractivity contribution in [1.29, 1.82) is 0 Å². The van der Waals surface area contributed by atoms with Gasteiger partial charge in [0.2, 0.25) is 0 Å². The molecule has 8 heteroatoms. The quantitative estimate of drug-likeness (QED) is 0.769. The molecule has 1 aromatic carbocycles. The molecule has 0 bridgehead atoms. The Bertz CT molecular complexity index is 965. The van der Waals surface area contributed by atoms with Crippen molar-refractivity contribution < 1.29 is 26.4 Å². The van der Waals surface area contributed by atoms with Crippen molar-refractivity contribution in [3.8, 4) is 0 Å². The van der Waals surface area contributed by atoms with Crippen LogP contribution in [0.3, 0.4) is 0 Å². The molecule has 2 heterocycles. The first-order valence-electron chi connectivity index (χ1n) is 7.39. The van der Waals surface area contributed by atoms with Crippen LogP contribution in [0.4, 0.5) is 13.2 Å². The van der Waals surface area contributed by atoms with E-state index in [1.54, 1.807) is 0 Å². The van der Waals surface area contributed by atoms with Crippen LogP contribution in [0.2, 0.25) is 0 Å². The molecule has 1 aliphatic rings. The number of alkyl halides is 3. The van der Waals surface area contributed by atoms with E-state index >= 15 is 0 Å². The van der Waals surface area contributed by atoms with Gasteiger partial charge in [-0.3, -0.25) is 9.78 Å². The maximum absolute atomic E-state index is 13.4. The van der Waals surface area contributed by atoms with E-state index in [2.05, 4.69) is 4.98 Å². The summed E-state index contributed by atoms with van der Waals surface area (Å²) in [5.74, 6) is -0.890. The van der Waals surface area contributed by atoms with E-state index in [9.17, 15) is 26.4 Å². The molecule has 0 N–H and O–H groups in total. The third kappa shape index (κ3) is 2.47. The smallest absolute Gasteiger partial charge is 0.292 e. The summed E-state index contributed by atoms with van der Waals surface area (Å²) in [6, 6.07) is 7.12. The summed E-state index contributed by atoms with van der Waals surface area (Å²) in [7, 11) is -4.31. The third-order valence-electron chi connectivity index (χ3n) is 4.45. The molecule has 3 rings (SSSR count). The Morgan fingerprint density at radius 1 is 1.08 bits per heavy atom. The number of halogens is 3. The van der Waals surface area contributed by atoms with Gasteiger partial charge in [0.1, 0.15) is 4.75 Å². The molecule has 1 unspecified atom stereocenters. The van der Waals surface area contributed by atoms with Crippen LogP contribution in [-0.2, 0) is 20.8 Å². The van der Waals surface area contributed by atoms with Gasteiger partial charge in [0.15, 0.2) is 20.9 Å². The van der Waals surface area contributed by atoms with Crippen molar-refractivity contribution in [2.24, 2.45) is 0 Å². The van der Waals surface area contributed by atoms with E-state index in [0.717, 1.165) is 18.2 Å². The second-order valence-electron chi connectivity index (χ2n) is 6.28. The summed E-state index contributed by atoms with van der Waals surface area (Å²) in [4.78, 5) is 16.8. The van der Waals surface area contributed by atoms with Crippen molar-refractivity contribution >= 4 is 15.6 Å². The molecule has 2 aromatic rings. The largest absolute Gasteiger partial charge is 0.416 e. The van der Waals surface area contributed by atoms with Gasteiger partial charge < -0.3 is 0 Å². The number of carbonyl (C=O) groups excluding carboxylic acids is 1. The van der Waals surface area contributed by atoms with E-state index in [-0.39, 0.29) is 11.3 Å². The van der Waals surface area contributed by atoms with E-state index in [1.807, 2.05) is 0 Å². The minimum Gasteiger partial charge on any atom is -0.292 e. The molecule has 1 atom stereocenters. The van der Waals surface area contributed by atoms with Gasteiger partial charge in [-0.05, 0) is 37.6 Å². The van der Waals surface area contributed by atoms with Crippen molar-refractivity contribution in [3.63, 3.8) is 0 Å². The molecular formula is C17H14F3NO3S. The predicted octanol–water partition coefficient (Wildman–Crippen LogP) is 3.69. The lowest BCUT2D eigenvalue weighted by Crippen LogP contribution is -2.44. The first kappa shape index (κ1) is 17.6. The van der Waals surface area contributed by atoms with Gasteiger partial charge in [-0.25, -0.2) is 8.42 Å². The van der Waals surface area contributed by atoms with Crippen LogP contribution in [0.25, 0.3) is 0 Å². The minimum atomic E-state index is -4.77. The lowest BCUT2D eigenvalue weighted by atomic mass is 9.93. The molecule has 25 heavy (non-hydrogen) atoms. The van der Waals surface area contributed by atoms with Crippen LogP contribution < -0.4 is 0 Å². The molecule has 0 fully saturated rings. The van der Waals surface area contributed by atoms with Gasteiger partial charge in [-0.15, -0.1) is 0 Å². The highest BCUT2D eigenvalue weighted by molar-refractivity contribution is 7.93. The summed E-state index contributed by atoms with van der Waals surface area (Å²) < 4.78 is 64.6. The number of pyridine rings is 1. The SMILES string of the molecule is CC1(C)c2ncccc2C(=O)C(c2ccccc2C(F)(F)F)S1(=O)=O. The van der Waals surface area contributed by atoms with Crippen LogP contribution in [-0.4, -0.2) is 19.2 Å². The lowest BCUT2D eigenvalue weighted by molar-refractivity contribution is -0.138. The predicted molar refractivity (Wildman–Crippen MR) is 84.7 cm³/mol. The van der Waals surface area contributed by atoms with Crippen LogP contribution in [0, 0.1) is 0 Å². The average Bonchev–Trinajstić information content (AvgIpc) is 2.53. The van der Waals surface area contributed by atoms with Crippen LogP contribution in [0.15, 0.2) is 42.6 Å². The molecule has 1 aliphatic heterocycles. The number of fused-ring (bicyclic) bond motifs is 1. The maximum Gasteiger partial charge on any atom is 0.416 e. The van der Waals surface area contributed by atoms with Gasteiger partial charge in [0.25, 0.3) is 0 Å². The fraction of sp³-hybridized carbons (Fsp3) is 0.294. The zero-order valence-electron chi connectivity index (χ0n) is 13.3. The summed E-state index contributed by atoms with van der Waals surface area (Å²) in [6.45, 7) is 2.70. The monoisotopic (exact) mass is 369 g/mol. The second kappa shape index (κ2) is 5.39. The van der Waals surface area contributed by atoms with Crippen LogP contribution in [0.5, 0.6) is 0 Å². The number of aromatic nitrogens is 1. The highest BCUT2D eigenvalue weighted by atomic mass is 32.2. The second-order valence-corrected chi connectivity index (χ2v) is 8.87. The Labute approximate surface area is 142 Å². The van der Waals surface area contributed by atoms with Gasteiger partial charge in [-0.1, -0.05) is 18.2 Å². The molecule has 1 aromatic heterocycles. The van der Waals surface area contributed by atoms with Crippen molar-refractivity contribution in [1.82, 2.24) is 4.98 Å². The molecule has 0 radical (unpaired) electrons. The number of carbonyl (C=O) groups is 1. The molecule has 0 saturated heterocycles. The molecule has 132 valence electrons. The number of hydrogen-bond acceptors (Lipinski definition) is 4. The Balaban J connectivity index is 2.35. The number of benzene rings is 1. The standard InChI is InChI=1S/C17H14F3NO3S/c1-16(2)15-11(7-5-9-21-15)13(22)14(25(16,23)24)10-6-3-4-8-12(10)17(18,19)20/h3-9,14H,1-2H3. The highest BCUT2D eigenvalue weighted by Gasteiger charge is 2.54. The number of Topliss-reactive ketones (excluding diaryl/α,β-unsaturated/α-hetero) is 1. The van der Waals surface area contributed by atoms with Gasteiger partial charge >= 0.3 is 6.18 Å². The zero-order valence-corrected chi connectivity index (χ0v) is 14.1. The number of hydrogen-bond donors (Lipinski definition) is 0. The van der Waals surface area contributed by atoms with E-state index < -0.39 is 42.9 Å². The minimum absolute atomic E-state index is 0.0318. The fourth-order valence-corrected chi connectivity index (χ4v) is 5.06. The van der Waals surface area contributed by atoms with Crippen molar-refractivity contribution in [3.05, 3.63) is 65.0 Å². The molecular weight excluding hydrogens is 355 g/mol. The first-order valence-corrected chi connectivity index (χ1v) is 8.93. The Kier molecular flexibility index (Phi) is 3.79. The Morgan fingerprint density at radius 3 is 2.36 bits per heavy atom. The van der Waals surface area contributed by atoms with Crippen LogP contribution in [0.1, 0.15) is 46.3 Å². The summed E-state index contributed by atoms with van der Waals surface area (Å²) in [5.41, 5.74) is -1.59. The number of sulfone groups is 1. The van der Waals surface area contributed by atoms with Crippen LogP contribution >= 0.6 is 0 Å². The first-order chi connectivity index (χ1) is 11.5. The highest BCUT2D eigenvalue weighted by Crippen LogP contribution is 2.48. The van der Waals surface area contributed by atoms with Crippen molar-refractivity contribution in [2.75, 3.05) is 0 Å². The molecule has 0 saturated carbocycles. The van der Waals surface area contributed by atoms with E-state index in [1.165, 1.54) is 38.2 Å². The number of rotatable bonds is 1. The Morgan fingerprint density at radius 2 is 1.72 bits per heavy atom. The summed E-state index contributed by atoms with van der Waals surface area (Å²) in [5, 5.41) is -1.92. The zero-order chi connectivity index (χ0) is 18.6. The molecule has 0 amide bonds. The topological polar surface area (TPSA) is 64.1 Å². The average molecular weight is 369 g/mol. The normalized spacial score (nSPS) is 21.6. The van der Waals surface area contributed by atoms with Crippen molar-refractivity contribution in [2.45, 2.75) is 30.0 Å². The molecule has 0 spiro atoms. The number of nitrogens with zero attached hydrogens (tertiary/aromatic N) is 1. The van der Waals surface area contributed by atoms with Gasteiger partial charge in [0, 0.05) is 11.8 Å². The Hall–Kier alpha value is -2.22. The summed E-state index contributed by atoms with van der Waals surface area (Å²) >= 11 is 0. The van der Waals surface area contributed by atoms with E-state index in [4.69, 9.17) is 0 Å². The lowest BCUT2D eigenvalue weighted by Gasteiger charge is -2.36. The van der Waals surface area contributed by atoms with Gasteiger partial charge in [-0.2, -0.15) is 13.2 Å².